The maximum atomic E-state index is 11.4. The van der Waals surface area contributed by atoms with E-state index in [4.69, 9.17) is 4.42 Å². The molecule has 2 N–H and O–H groups in total. The molecule has 98 valence electrons. The number of furan rings is 1. The molecule has 5 nitrogen and oxygen atoms in total. The Bertz CT molecular complexity index is 410. The molecule has 0 aliphatic rings. The van der Waals surface area contributed by atoms with E-state index in [0.29, 0.717) is 25.9 Å². The molecule has 1 aromatic rings. The lowest BCUT2D eigenvalue weighted by atomic mass is 10.2. The third-order valence-electron chi connectivity index (χ3n) is 2.20. The lowest BCUT2D eigenvalue weighted by Crippen LogP contribution is -2.28. The van der Waals surface area contributed by atoms with Crippen molar-refractivity contribution in [3.05, 3.63) is 36.3 Å². The molecule has 0 fully saturated rings. The number of amides is 2. The highest BCUT2D eigenvalue weighted by Gasteiger charge is 2.07. The van der Waals surface area contributed by atoms with Crippen LogP contribution in [0.3, 0.4) is 0 Å². The first-order valence-electron chi connectivity index (χ1n) is 5.82. The molecule has 0 aliphatic heterocycles. The third-order valence-corrected chi connectivity index (χ3v) is 2.20. The predicted octanol–water partition coefficient (Wildman–Crippen LogP) is 1.48. The van der Waals surface area contributed by atoms with Crippen LogP contribution in [0.25, 0.3) is 0 Å². The van der Waals surface area contributed by atoms with E-state index in [2.05, 4.69) is 17.2 Å². The largest absolute Gasteiger partial charge is 0.459 e. The number of nitrogens with one attached hydrogen (secondary N) is 2. The molecule has 0 saturated carbocycles. The second kappa shape index (κ2) is 7.32. The highest BCUT2D eigenvalue weighted by atomic mass is 16.3. The van der Waals surface area contributed by atoms with Crippen LogP contribution in [0.15, 0.2) is 35.0 Å². The van der Waals surface area contributed by atoms with Crippen LogP contribution in [-0.4, -0.2) is 24.9 Å². The van der Waals surface area contributed by atoms with Crippen LogP contribution < -0.4 is 10.6 Å². The van der Waals surface area contributed by atoms with Crippen molar-refractivity contribution in [1.29, 1.82) is 0 Å². The molecule has 0 aliphatic carbocycles. The Morgan fingerprint density at radius 3 is 2.78 bits per heavy atom. The molecule has 0 unspecified atom stereocenters. The zero-order valence-electron chi connectivity index (χ0n) is 10.5. The maximum Gasteiger partial charge on any atom is 0.286 e. The first-order valence-corrected chi connectivity index (χ1v) is 5.82. The van der Waals surface area contributed by atoms with Gasteiger partial charge in [-0.2, -0.15) is 0 Å². The van der Waals surface area contributed by atoms with E-state index < -0.39 is 0 Å². The maximum absolute atomic E-state index is 11.4. The molecule has 0 radical (unpaired) electrons. The second-order valence-corrected chi connectivity index (χ2v) is 4.07. The van der Waals surface area contributed by atoms with Crippen molar-refractivity contribution in [3.8, 4) is 0 Å². The lowest BCUT2D eigenvalue weighted by Gasteiger charge is -2.05. The Morgan fingerprint density at radius 1 is 1.39 bits per heavy atom. The molecule has 1 heterocycles. The SMILES string of the molecule is C=C(C)CNC(=O)CCCNC(=O)c1ccco1. The standard InChI is InChI=1S/C13H18N2O3/c1-10(2)9-15-12(16)6-3-7-14-13(17)11-5-4-8-18-11/h4-5,8H,1,3,6-7,9H2,2H3,(H,14,17)(H,15,16). The van der Waals surface area contributed by atoms with Gasteiger partial charge in [-0.05, 0) is 25.5 Å². The highest BCUT2D eigenvalue weighted by Crippen LogP contribution is 1.99. The Balaban J connectivity index is 2.10. The minimum Gasteiger partial charge on any atom is -0.459 e. The fraction of sp³-hybridized carbons (Fsp3) is 0.385. The minimum absolute atomic E-state index is 0.0368. The second-order valence-electron chi connectivity index (χ2n) is 4.07. The summed E-state index contributed by atoms with van der Waals surface area (Å²) in [6, 6.07) is 3.24. The molecule has 0 atom stereocenters. The van der Waals surface area contributed by atoms with Gasteiger partial charge in [-0.25, -0.2) is 0 Å². The van der Waals surface area contributed by atoms with Crippen LogP contribution >= 0.6 is 0 Å². The van der Waals surface area contributed by atoms with E-state index >= 15 is 0 Å². The van der Waals surface area contributed by atoms with Gasteiger partial charge in [0.2, 0.25) is 5.91 Å². The van der Waals surface area contributed by atoms with Gasteiger partial charge in [0, 0.05) is 19.5 Å². The van der Waals surface area contributed by atoms with E-state index in [9.17, 15) is 9.59 Å². The van der Waals surface area contributed by atoms with Gasteiger partial charge in [-0.15, -0.1) is 0 Å². The molecule has 0 bridgehead atoms. The van der Waals surface area contributed by atoms with E-state index in [1.165, 1.54) is 6.26 Å². The summed E-state index contributed by atoms with van der Waals surface area (Å²) in [5.41, 5.74) is 0.912. The van der Waals surface area contributed by atoms with Crippen molar-refractivity contribution in [2.45, 2.75) is 19.8 Å². The third kappa shape index (κ3) is 5.34. The summed E-state index contributed by atoms with van der Waals surface area (Å²) in [4.78, 5) is 22.8. The Kier molecular flexibility index (Phi) is 5.70. The van der Waals surface area contributed by atoms with E-state index in [1.54, 1.807) is 12.1 Å². The zero-order chi connectivity index (χ0) is 13.4. The Morgan fingerprint density at radius 2 is 2.17 bits per heavy atom. The average Bonchev–Trinajstić information content (AvgIpc) is 2.85. The van der Waals surface area contributed by atoms with Gasteiger partial charge in [-0.3, -0.25) is 9.59 Å². The summed E-state index contributed by atoms with van der Waals surface area (Å²) >= 11 is 0. The van der Waals surface area contributed by atoms with E-state index in [1.807, 2.05) is 6.92 Å². The van der Waals surface area contributed by atoms with Gasteiger partial charge in [0.1, 0.15) is 0 Å². The summed E-state index contributed by atoms with van der Waals surface area (Å²) in [7, 11) is 0. The van der Waals surface area contributed by atoms with Crippen LogP contribution in [0.4, 0.5) is 0 Å². The van der Waals surface area contributed by atoms with Crippen LogP contribution in [0, 0.1) is 0 Å². The summed E-state index contributed by atoms with van der Waals surface area (Å²) in [5, 5.41) is 5.40. The molecule has 0 saturated heterocycles. The zero-order valence-corrected chi connectivity index (χ0v) is 10.5. The molecular weight excluding hydrogens is 232 g/mol. The van der Waals surface area contributed by atoms with Gasteiger partial charge < -0.3 is 15.1 Å². The van der Waals surface area contributed by atoms with Crippen molar-refractivity contribution in [1.82, 2.24) is 10.6 Å². The smallest absolute Gasteiger partial charge is 0.286 e. The average molecular weight is 250 g/mol. The molecule has 0 spiro atoms. The molecule has 5 heteroatoms. The van der Waals surface area contributed by atoms with Crippen LogP contribution in [0.2, 0.25) is 0 Å². The summed E-state index contributed by atoms with van der Waals surface area (Å²) in [5.74, 6) is -0.0191. The summed E-state index contributed by atoms with van der Waals surface area (Å²) in [6.45, 7) is 6.49. The first kappa shape index (κ1) is 14.0. The predicted molar refractivity (Wildman–Crippen MR) is 68.1 cm³/mol. The Labute approximate surface area is 106 Å². The minimum atomic E-state index is -0.262. The molecule has 1 rings (SSSR count). The summed E-state index contributed by atoms with van der Waals surface area (Å²) < 4.78 is 4.94. The van der Waals surface area contributed by atoms with Crippen molar-refractivity contribution in [2.75, 3.05) is 13.1 Å². The lowest BCUT2D eigenvalue weighted by molar-refractivity contribution is -0.121. The molecule has 18 heavy (non-hydrogen) atoms. The monoisotopic (exact) mass is 250 g/mol. The topological polar surface area (TPSA) is 71.3 Å². The quantitative estimate of drug-likeness (QED) is 0.569. The molecule has 2 amide bonds. The van der Waals surface area contributed by atoms with Crippen molar-refractivity contribution >= 4 is 11.8 Å². The van der Waals surface area contributed by atoms with Crippen molar-refractivity contribution in [3.63, 3.8) is 0 Å². The van der Waals surface area contributed by atoms with Gasteiger partial charge in [-0.1, -0.05) is 12.2 Å². The van der Waals surface area contributed by atoms with Crippen molar-refractivity contribution in [2.24, 2.45) is 0 Å². The molecular formula is C13H18N2O3. The van der Waals surface area contributed by atoms with E-state index in [-0.39, 0.29) is 17.6 Å². The fourth-order valence-corrected chi connectivity index (χ4v) is 1.28. The van der Waals surface area contributed by atoms with Crippen LogP contribution in [0.1, 0.15) is 30.3 Å². The van der Waals surface area contributed by atoms with Gasteiger partial charge in [0.25, 0.3) is 5.91 Å². The summed E-state index contributed by atoms with van der Waals surface area (Å²) in [6.07, 6.45) is 2.42. The fourth-order valence-electron chi connectivity index (χ4n) is 1.28. The van der Waals surface area contributed by atoms with Gasteiger partial charge in [0.15, 0.2) is 5.76 Å². The van der Waals surface area contributed by atoms with Gasteiger partial charge in [0.05, 0.1) is 6.26 Å². The number of carbonyl (C=O) groups excluding carboxylic acids is 2. The highest BCUT2D eigenvalue weighted by molar-refractivity contribution is 5.91. The van der Waals surface area contributed by atoms with Crippen LogP contribution in [0.5, 0.6) is 0 Å². The first-order chi connectivity index (χ1) is 8.59. The normalized spacial score (nSPS) is 9.83. The number of hydrogen-bond acceptors (Lipinski definition) is 3. The number of rotatable bonds is 7. The molecule has 0 aromatic carbocycles. The molecule has 1 aromatic heterocycles. The Hall–Kier alpha value is -2.04. The number of carbonyl (C=O) groups is 2. The van der Waals surface area contributed by atoms with Crippen molar-refractivity contribution < 1.29 is 14.0 Å². The van der Waals surface area contributed by atoms with Gasteiger partial charge >= 0.3 is 0 Å². The van der Waals surface area contributed by atoms with E-state index in [0.717, 1.165) is 5.57 Å². The van der Waals surface area contributed by atoms with Crippen LogP contribution in [-0.2, 0) is 4.79 Å². The number of hydrogen-bond donors (Lipinski definition) is 2.